The van der Waals surface area contributed by atoms with Crippen LogP contribution >= 0.6 is 11.8 Å². The van der Waals surface area contributed by atoms with Gasteiger partial charge in [-0.2, -0.15) is 11.8 Å². The number of nitrogens with one attached hydrogen (secondary N) is 1. The summed E-state index contributed by atoms with van der Waals surface area (Å²) in [5.41, 5.74) is 2.14. The molecule has 1 aromatic carbocycles. The summed E-state index contributed by atoms with van der Waals surface area (Å²) in [4.78, 5) is 14.2. The second-order valence-corrected chi connectivity index (χ2v) is 6.95. The quantitative estimate of drug-likeness (QED) is 0.918. The van der Waals surface area contributed by atoms with Crippen LogP contribution in [0.25, 0.3) is 0 Å². The number of carbonyl (C=O) groups is 1. The summed E-state index contributed by atoms with van der Waals surface area (Å²) < 4.78 is 11.4. The van der Waals surface area contributed by atoms with Crippen molar-refractivity contribution >= 4 is 23.5 Å². The van der Waals surface area contributed by atoms with Crippen molar-refractivity contribution < 1.29 is 14.3 Å². The highest BCUT2D eigenvalue weighted by Gasteiger charge is 2.40. The van der Waals surface area contributed by atoms with Crippen LogP contribution in [0.5, 0.6) is 0 Å². The van der Waals surface area contributed by atoms with Gasteiger partial charge in [0.1, 0.15) is 0 Å². The number of amides is 2. The lowest BCUT2D eigenvalue weighted by molar-refractivity contribution is -0.181. The zero-order valence-corrected chi connectivity index (χ0v) is 14.4. The average molecular weight is 336 g/mol. The van der Waals surface area contributed by atoms with Crippen molar-refractivity contribution in [2.24, 2.45) is 0 Å². The van der Waals surface area contributed by atoms with Gasteiger partial charge in [0.15, 0.2) is 5.79 Å². The molecule has 2 saturated heterocycles. The summed E-state index contributed by atoms with van der Waals surface area (Å²) in [6, 6.07) is 8.06. The van der Waals surface area contributed by atoms with E-state index in [9.17, 15) is 4.79 Å². The molecular weight excluding hydrogens is 312 g/mol. The molecule has 3 rings (SSSR count). The van der Waals surface area contributed by atoms with Crippen LogP contribution in [0.2, 0.25) is 0 Å². The van der Waals surface area contributed by atoms with Gasteiger partial charge in [-0.25, -0.2) is 4.79 Å². The molecule has 2 fully saturated rings. The minimum Gasteiger partial charge on any atom is -0.347 e. The molecule has 1 spiro atoms. The van der Waals surface area contributed by atoms with E-state index < -0.39 is 5.79 Å². The second-order valence-electron chi connectivity index (χ2n) is 5.96. The van der Waals surface area contributed by atoms with E-state index in [1.807, 2.05) is 28.8 Å². The van der Waals surface area contributed by atoms with E-state index in [4.69, 9.17) is 9.47 Å². The van der Waals surface area contributed by atoms with Gasteiger partial charge in [0.25, 0.3) is 0 Å². The lowest BCUT2D eigenvalue weighted by Crippen LogP contribution is -2.48. The van der Waals surface area contributed by atoms with Crippen molar-refractivity contribution in [2.45, 2.75) is 25.0 Å². The summed E-state index contributed by atoms with van der Waals surface area (Å²) in [7, 11) is 0. The van der Waals surface area contributed by atoms with E-state index in [1.54, 1.807) is 0 Å². The molecule has 5 nitrogen and oxygen atoms in total. The predicted octanol–water partition coefficient (Wildman–Crippen LogP) is 2.96. The standard InChI is InChI=1S/C17H24N2O3S/c1-23-13-6-14-2-4-15(5-3-14)18-16(20)19-9-7-17(8-10-19)21-11-12-22-17/h2-5H,6-13H2,1H3,(H,18,20). The summed E-state index contributed by atoms with van der Waals surface area (Å²) >= 11 is 1.84. The van der Waals surface area contributed by atoms with Crippen molar-refractivity contribution in [1.82, 2.24) is 4.90 Å². The number of thioether (sulfide) groups is 1. The third-order valence-corrected chi connectivity index (χ3v) is 5.04. The van der Waals surface area contributed by atoms with E-state index >= 15 is 0 Å². The summed E-state index contributed by atoms with van der Waals surface area (Å²) in [5, 5.41) is 2.97. The van der Waals surface area contributed by atoms with Crippen LogP contribution in [0.15, 0.2) is 24.3 Å². The Morgan fingerprint density at radius 1 is 1.22 bits per heavy atom. The molecule has 0 bridgehead atoms. The van der Waals surface area contributed by atoms with Crippen molar-refractivity contribution in [1.29, 1.82) is 0 Å². The molecule has 0 saturated carbocycles. The maximum Gasteiger partial charge on any atom is 0.321 e. The molecular formula is C17H24N2O3S. The highest BCUT2D eigenvalue weighted by atomic mass is 32.2. The van der Waals surface area contributed by atoms with Gasteiger partial charge in [-0.05, 0) is 36.1 Å². The van der Waals surface area contributed by atoms with Crippen molar-refractivity contribution in [2.75, 3.05) is 43.6 Å². The molecule has 2 aliphatic heterocycles. The maximum atomic E-state index is 12.4. The zero-order valence-electron chi connectivity index (χ0n) is 13.5. The van der Waals surface area contributed by atoms with Gasteiger partial charge in [0.05, 0.1) is 13.2 Å². The van der Waals surface area contributed by atoms with Crippen LogP contribution < -0.4 is 5.32 Å². The molecule has 2 heterocycles. The third-order valence-electron chi connectivity index (χ3n) is 4.43. The number of urea groups is 1. The number of ether oxygens (including phenoxy) is 2. The van der Waals surface area contributed by atoms with Gasteiger partial charge in [0.2, 0.25) is 0 Å². The molecule has 0 aliphatic carbocycles. The number of likely N-dealkylation sites (tertiary alicyclic amines) is 1. The van der Waals surface area contributed by atoms with E-state index in [-0.39, 0.29) is 6.03 Å². The molecule has 0 unspecified atom stereocenters. The van der Waals surface area contributed by atoms with Crippen LogP contribution in [0, 0.1) is 0 Å². The molecule has 23 heavy (non-hydrogen) atoms. The first-order chi connectivity index (χ1) is 11.2. The number of benzene rings is 1. The highest BCUT2D eigenvalue weighted by molar-refractivity contribution is 7.98. The maximum absolute atomic E-state index is 12.4. The first-order valence-corrected chi connectivity index (χ1v) is 9.52. The molecule has 1 aromatic rings. The van der Waals surface area contributed by atoms with Crippen LogP contribution in [-0.4, -0.2) is 55.0 Å². The summed E-state index contributed by atoms with van der Waals surface area (Å²) in [6.45, 7) is 2.65. The Kier molecular flexibility index (Phi) is 5.46. The van der Waals surface area contributed by atoms with E-state index in [2.05, 4.69) is 23.7 Å². The molecule has 0 radical (unpaired) electrons. The monoisotopic (exact) mass is 336 g/mol. The number of anilines is 1. The van der Waals surface area contributed by atoms with Crippen LogP contribution in [-0.2, 0) is 15.9 Å². The fraction of sp³-hybridized carbons (Fsp3) is 0.588. The van der Waals surface area contributed by atoms with Gasteiger partial charge >= 0.3 is 6.03 Å². The molecule has 6 heteroatoms. The van der Waals surface area contributed by atoms with Gasteiger partial charge in [0, 0.05) is 31.6 Å². The molecule has 126 valence electrons. The lowest BCUT2D eigenvalue weighted by Gasteiger charge is -2.37. The molecule has 1 N–H and O–H groups in total. The van der Waals surface area contributed by atoms with Crippen molar-refractivity contribution in [3.8, 4) is 0 Å². The molecule has 2 aliphatic rings. The smallest absolute Gasteiger partial charge is 0.321 e. The van der Waals surface area contributed by atoms with Crippen LogP contribution in [0.4, 0.5) is 10.5 Å². The van der Waals surface area contributed by atoms with Gasteiger partial charge < -0.3 is 19.7 Å². The number of aryl methyl sites for hydroxylation is 1. The number of carbonyl (C=O) groups excluding carboxylic acids is 1. The van der Waals surface area contributed by atoms with Crippen molar-refractivity contribution in [3.05, 3.63) is 29.8 Å². The summed E-state index contributed by atoms with van der Waals surface area (Å²) in [5.74, 6) is 0.682. The minimum atomic E-state index is -0.435. The van der Waals surface area contributed by atoms with Crippen LogP contribution in [0.1, 0.15) is 18.4 Å². The number of hydrogen-bond donors (Lipinski definition) is 1. The third kappa shape index (κ3) is 4.19. The molecule has 0 atom stereocenters. The average Bonchev–Trinajstić information content (AvgIpc) is 3.03. The largest absolute Gasteiger partial charge is 0.347 e. The van der Waals surface area contributed by atoms with Gasteiger partial charge in [-0.1, -0.05) is 12.1 Å². The normalized spacial score (nSPS) is 20.0. The fourth-order valence-corrected chi connectivity index (χ4v) is 3.45. The van der Waals surface area contributed by atoms with E-state index in [1.165, 1.54) is 5.56 Å². The Labute approximate surface area is 141 Å². The van der Waals surface area contributed by atoms with E-state index in [0.29, 0.717) is 26.3 Å². The molecule has 0 aromatic heterocycles. The number of nitrogens with zero attached hydrogens (tertiary/aromatic N) is 1. The first-order valence-electron chi connectivity index (χ1n) is 8.12. The van der Waals surface area contributed by atoms with Crippen LogP contribution in [0.3, 0.4) is 0 Å². The number of hydrogen-bond acceptors (Lipinski definition) is 4. The predicted molar refractivity (Wildman–Crippen MR) is 93.0 cm³/mol. The Balaban J connectivity index is 1.49. The number of rotatable bonds is 4. The highest BCUT2D eigenvalue weighted by Crippen LogP contribution is 2.31. The fourth-order valence-electron chi connectivity index (χ4n) is 3.01. The van der Waals surface area contributed by atoms with Crippen molar-refractivity contribution in [3.63, 3.8) is 0 Å². The Hall–Kier alpha value is -1.24. The topological polar surface area (TPSA) is 50.8 Å². The zero-order chi connectivity index (χ0) is 16.1. The van der Waals surface area contributed by atoms with E-state index in [0.717, 1.165) is 30.7 Å². The van der Waals surface area contributed by atoms with Gasteiger partial charge in [-0.15, -0.1) is 0 Å². The van der Waals surface area contributed by atoms with Gasteiger partial charge in [-0.3, -0.25) is 0 Å². The number of piperidine rings is 1. The Morgan fingerprint density at radius 2 is 1.87 bits per heavy atom. The molecule has 2 amide bonds. The minimum absolute atomic E-state index is 0.0466. The SMILES string of the molecule is CSCCc1ccc(NC(=O)N2CCC3(CC2)OCCO3)cc1. The Bertz CT molecular complexity index is 519. The summed E-state index contributed by atoms with van der Waals surface area (Å²) in [6.07, 6.45) is 4.66. The first kappa shape index (κ1) is 16.6. The lowest BCUT2D eigenvalue weighted by atomic mass is 10.0. The Morgan fingerprint density at radius 3 is 2.48 bits per heavy atom. The second kappa shape index (κ2) is 7.55.